The molecule has 0 bridgehead atoms. The van der Waals surface area contributed by atoms with Crippen LogP contribution in [0.4, 0.5) is 5.69 Å². The molecule has 2 nitrogen and oxygen atoms in total. The molecule has 100 valence electrons. The first kappa shape index (κ1) is 13.8. The molecule has 1 heterocycles. The van der Waals surface area contributed by atoms with E-state index in [-0.39, 0.29) is 0 Å². The standard InChI is InChI=1S/C15H24N2S/c1-10(2)12-5-6-13-15(9-12)18-14(7-8-16-4)11(3)17-13/h5-6,9-11,14,16-17H,7-8H2,1-4H3. The highest BCUT2D eigenvalue weighted by Gasteiger charge is 2.25. The van der Waals surface area contributed by atoms with Crippen molar-refractivity contribution >= 4 is 17.4 Å². The van der Waals surface area contributed by atoms with E-state index in [1.54, 1.807) is 0 Å². The summed E-state index contributed by atoms with van der Waals surface area (Å²) in [5.41, 5.74) is 2.74. The molecular weight excluding hydrogens is 240 g/mol. The second-order valence-corrected chi connectivity index (χ2v) is 6.67. The summed E-state index contributed by atoms with van der Waals surface area (Å²) in [6, 6.07) is 7.39. The molecule has 2 atom stereocenters. The van der Waals surface area contributed by atoms with Gasteiger partial charge in [0.05, 0.1) is 0 Å². The molecule has 1 aliphatic heterocycles. The van der Waals surface area contributed by atoms with Crippen LogP contribution in [0.5, 0.6) is 0 Å². The summed E-state index contributed by atoms with van der Waals surface area (Å²) in [6.07, 6.45) is 1.21. The van der Waals surface area contributed by atoms with Crippen LogP contribution in [0.1, 0.15) is 38.7 Å². The van der Waals surface area contributed by atoms with Gasteiger partial charge in [0.1, 0.15) is 0 Å². The van der Waals surface area contributed by atoms with Gasteiger partial charge in [0.25, 0.3) is 0 Å². The van der Waals surface area contributed by atoms with Gasteiger partial charge in [-0.3, -0.25) is 0 Å². The van der Waals surface area contributed by atoms with E-state index < -0.39 is 0 Å². The van der Waals surface area contributed by atoms with Crippen molar-refractivity contribution in [3.63, 3.8) is 0 Å². The molecule has 0 spiro atoms. The third kappa shape index (κ3) is 3.01. The van der Waals surface area contributed by atoms with E-state index in [9.17, 15) is 0 Å². The third-order valence-electron chi connectivity index (χ3n) is 3.57. The molecule has 1 aromatic rings. The van der Waals surface area contributed by atoms with Crippen LogP contribution in [0.3, 0.4) is 0 Å². The highest BCUT2D eigenvalue weighted by molar-refractivity contribution is 8.00. The molecule has 3 heteroatoms. The van der Waals surface area contributed by atoms with Gasteiger partial charge in [0.2, 0.25) is 0 Å². The van der Waals surface area contributed by atoms with Crippen molar-refractivity contribution in [2.75, 3.05) is 18.9 Å². The van der Waals surface area contributed by atoms with E-state index in [4.69, 9.17) is 0 Å². The number of fused-ring (bicyclic) bond motifs is 1. The monoisotopic (exact) mass is 264 g/mol. The maximum absolute atomic E-state index is 3.64. The molecule has 1 aromatic carbocycles. The molecule has 0 saturated heterocycles. The fourth-order valence-corrected chi connectivity index (χ4v) is 3.61. The van der Waals surface area contributed by atoms with Crippen molar-refractivity contribution < 1.29 is 0 Å². The van der Waals surface area contributed by atoms with E-state index in [1.165, 1.54) is 22.6 Å². The maximum Gasteiger partial charge on any atom is 0.0481 e. The van der Waals surface area contributed by atoms with Crippen molar-refractivity contribution in [1.82, 2.24) is 5.32 Å². The van der Waals surface area contributed by atoms with Crippen LogP contribution < -0.4 is 10.6 Å². The molecule has 0 aromatic heterocycles. The summed E-state index contributed by atoms with van der Waals surface area (Å²) in [7, 11) is 2.02. The Labute approximate surface area is 115 Å². The lowest BCUT2D eigenvalue weighted by Crippen LogP contribution is -2.33. The summed E-state index contributed by atoms with van der Waals surface area (Å²) in [5.74, 6) is 0.603. The molecule has 1 aliphatic rings. The van der Waals surface area contributed by atoms with Gasteiger partial charge in [-0.1, -0.05) is 19.9 Å². The maximum atomic E-state index is 3.64. The second-order valence-electron chi connectivity index (χ2n) is 5.39. The van der Waals surface area contributed by atoms with Crippen LogP contribution in [0, 0.1) is 0 Å². The smallest absolute Gasteiger partial charge is 0.0481 e. The van der Waals surface area contributed by atoms with Gasteiger partial charge in [0, 0.05) is 21.9 Å². The molecular formula is C15H24N2S. The Morgan fingerprint density at radius 2 is 2.17 bits per heavy atom. The average Bonchev–Trinajstić information content (AvgIpc) is 2.35. The summed E-state index contributed by atoms with van der Waals surface area (Å²) in [4.78, 5) is 1.42. The Kier molecular flexibility index (Phi) is 4.57. The summed E-state index contributed by atoms with van der Waals surface area (Å²) in [6.45, 7) is 7.88. The van der Waals surface area contributed by atoms with Gasteiger partial charge < -0.3 is 10.6 Å². The molecule has 0 radical (unpaired) electrons. The Hall–Kier alpha value is -0.670. The van der Waals surface area contributed by atoms with Crippen LogP contribution in [0.25, 0.3) is 0 Å². The minimum absolute atomic E-state index is 0.542. The van der Waals surface area contributed by atoms with Gasteiger partial charge in [-0.05, 0) is 50.6 Å². The fraction of sp³-hybridized carbons (Fsp3) is 0.600. The Morgan fingerprint density at radius 3 is 2.83 bits per heavy atom. The Bertz CT molecular complexity index is 403. The first-order valence-corrected chi connectivity index (χ1v) is 7.71. The molecule has 0 amide bonds. The van der Waals surface area contributed by atoms with Crippen LogP contribution in [0.2, 0.25) is 0 Å². The lowest BCUT2D eigenvalue weighted by atomic mass is 10.0. The van der Waals surface area contributed by atoms with E-state index in [0.717, 1.165) is 6.54 Å². The SMILES string of the molecule is CNCCC1Sc2cc(C(C)C)ccc2NC1C. The number of anilines is 1. The van der Waals surface area contributed by atoms with Gasteiger partial charge in [-0.15, -0.1) is 11.8 Å². The van der Waals surface area contributed by atoms with Gasteiger partial charge >= 0.3 is 0 Å². The minimum Gasteiger partial charge on any atom is -0.381 e. The molecule has 2 unspecified atom stereocenters. The first-order chi connectivity index (χ1) is 8.61. The van der Waals surface area contributed by atoms with Crippen molar-refractivity contribution in [3.05, 3.63) is 23.8 Å². The lowest BCUT2D eigenvalue weighted by molar-refractivity contribution is 0.633. The van der Waals surface area contributed by atoms with Crippen molar-refractivity contribution in [2.45, 2.75) is 49.3 Å². The number of benzene rings is 1. The highest BCUT2D eigenvalue weighted by Crippen LogP contribution is 2.40. The quantitative estimate of drug-likeness (QED) is 0.867. The lowest BCUT2D eigenvalue weighted by Gasteiger charge is -2.32. The first-order valence-electron chi connectivity index (χ1n) is 6.83. The fourth-order valence-electron chi connectivity index (χ4n) is 2.31. The van der Waals surface area contributed by atoms with Crippen molar-refractivity contribution in [1.29, 1.82) is 0 Å². The number of rotatable bonds is 4. The summed E-state index contributed by atoms with van der Waals surface area (Å²) >= 11 is 2.03. The van der Waals surface area contributed by atoms with E-state index in [2.05, 4.69) is 49.6 Å². The average molecular weight is 264 g/mol. The largest absolute Gasteiger partial charge is 0.381 e. The Morgan fingerprint density at radius 1 is 1.39 bits per heavy atom. The topological polar surface area (TPSA) is 24.1 Å². The zero-order valence-electron chi connectivity index (χ0n) is 11.8. The molecule has 0 aliphatic carbocycles. The zero-order chi connectivity index (χ0) is 13.1. The molecule has 18 heavy (non-hydrogen) atoms. The second kappa shape index (κ2) is 5.98. The minimum atomic E-state index is 0.542. The molecule has 2 N–H and O–H groups in total. The number of hydrogen-bond acceptors (Lipinski definition) is 3. The number of hydrogen-bond donors (Lipinski definition) is 2. The van der Waals surface area contributed by atoms with Gasteiger partial charge in [0.15, 0.2) is 0 Å². The van der Waals surface area contributed by atoms with Crippen LogP contribution in [-0.2, 0) is 0 Å². The van der Waals surface area contributed by atoms with Crippen LogP contribution in [0.15, 0.2) is 23.1 Å². The normalized spacial score (nSPS) is 22.7. The Balaban J connectivity index is 2.16. The van der Waals surface area contributed by atoms with Crippen molar-refractivity contribution in [3.8, 4) is 0 Å². The predicted molar refractivity (Wildman–Crippen MR) is 81.8 cm³/mol. The van der Waals surface area contributed by atoms with Crippen LogP contribution >= 0.6 is 11.8 Å². The van der Waals surface area contributed by atoms with Crippen molar-refractivity contribution in [2.24, 2.45) is 0 Å². The predicted octanol–water partition coefficient (Wildman–Crippen LogP) is 3.69. The van der Waals surface area contributed by atoms with E-state index in [0.29, 0.717) is 17.2 Å². The van der Waals surface area contributed by atoms with E-state index >= 15 is 0 Å². The number of nitrogens with one attached hydrogen (secondary N) is 2. The molecule has 0 fully saturated rings. The highest BCUT2D eigenvalue weighted by atomic mass is 32.2. The summed E-state index contributed by atoms with van der Waals surface area (Å²) in [5, 5.41) is 7.54. The zero-order valence-corrected chi connectivity index (χ0v) is 12.6. The van der Waals surface area contributed by atoms with Gasteiger partial charge in [-0.25, -0.2) is 0 Å². The molecule has 2 rings (SSSR count). The summed E-state index contributed by atoms with van der Waals surface area (Å²) < 4.78 is 0. The van der Waals surface area contributed by atoms with Crippen LogP contribution in [-0.4, -0.2) is 24.9 Å². The number of thioether (sulfide) groups is 1. The molecule has 0 saturated carbocycles. The van der Waals surface area contributed by atoms with Gasteiger partial charge in [-0.2, -0.15) is 0 Å². The third-order valence-corrected chi connectivity index (χ3v) is 5.11. The van der Waals surface area contributed by atoms with E-state index in [1.807, 2.05) is 18.8 Å².